The molecule has 0 atom stereocenters. The van der Waals surface area contributed by atoms with E-state index in [2.05, 4.69) is 5.32 Å². The Morgan fingerprint density at radius 1 is 1.12 bits per heavy atom. The van der Waals surface area contributed by atoms with E-state index in [4.69, 9.17) is 5.73 Å². The van der Waals surface area contributed by atoms with E-state index in [-0.39, 0.29) is 34.7 Å². The minimum absolute atomic E-state index is 0.0449. The van der Waals surface area contributed by atoms with Crippen molar-refractivity contribution < 1.29 is 19.3 Å². The van der Waals surface area contributed by atoms with Crippen molar-refractivity contribution in [3.8, 4) is 0 Å². The maximum Gasteiger partial charge on any atom is 0.269 e. The first kappa shape index (κ1) is 15.3. The zero-order valence-corrected chi connectivity index (χ0v) is 12.2. The van der Waals surface area contributed by atoms with Gasteiger partial charge in [0.15, 0.2) is 5.78 Å². The SMILES string of the molecule is Nc1cc(CC(=O)c2ccc([N+](=O)[O-])cc2)cc2c1C(=O)NC2=O. The first-order chi connectivity index (χ1) is 11.4. The van der Waals surface area contributed by atoms with Gasteiger partial charge >= 0.3 is 0 Å². The number of rotatable bonds is 4. The van der Waals surface area contributed by atoms with Gasteiger partial charge in [-0.05, 0) is 29.8 Å². The summed E-state index contributed by atoms with van der Waals surface area (Å²) >= 11 is 0. The Labute approximate surface area is 135 Å². The molecule has 3 rings (SSSR count). The number of amides is 2. The predicted molar refractivity (Wildman–Crippen MR) is 83.8 cm³/mol. The number of hydrogen-bond donors (Lipinski definition) is 2. The smallest absolute Gasteiger partial charge is 0.269 e. The predicted octanol–water partition coefficient (Wildman–Crippen LogP) is 1.49. The zero-order valence-electron chi connectivity index (χ0n) is 12.2. The Balaban J connectivity index is 1.86. The van der Waals surface area contributed by atoms with Gasteiger partial charge < -0.3 is 5.73 Å². The summed E-state index contributed by atoms with van der Waals surface area (Å²) in [4.78, 5) is 45.6. The second-order valence-corrected chi connectivity index (χ2v) is 5.29. The number of Topliss-reactive ketones (excluding diaryl/α,β-unsaturated/α-hetero) is 1. The number of carbonyl (C=O) groups is 3. The van der Waals surface area contributed by atoms with Gasteiger partial charge in [0.05, 0.1) is 16.1 Å². The molecule has 0 unspecified atom stereocenters. The fourth-order valence-electron chi connectivity index (χ4n) is 2.55. The van der Waals surface area contributed by atoms with Gasteiger partial charge in [-0.25, -0.2) is 0 Å². The number of nitrogens with two attached hydrogens (primary N) is 1. The summed E-state index contributed by atoms with van der Waals surface area (Å²) in [7, 11) is 0. The molecule has 0 saturated heterocycles. The molecule has 8 heteroatoms. The summed E-state index contributed by atoms with van der Waals surface area (Å²) in [6.45, 7) is 0. The number of carbonyl (C=O) groups excluding carboxylic acids is 3. The molecule has 0 spiro atoms. The molecule has 0 radical (unpaired) electrons. The van der Waals surface area contributed by atoms with Gasteiger partial charge in [0, 0.05) is 29.8 Å². The van der Waals surface area contributed by atoms with E-state index in [1.54, 1.807) is 0 Å². The third-order valence-electron chi connectivity index (χ3n) is 3.69. The van der Waals surface area contributed by atoms with E-state index in [0.29, 0.717) is 11.1 Å². The summed E-state index contributed by atoms with van der Waals surface area (Å²) in [5, 5.41) is 12.8. The number of nitro groups is 1. The van der Waals surface area contributed by atoms with E-state index in [0.717, 1.165) is 0 Å². The summed E-state index contributed by atoms with van der Waals surface area (Å²) < 4.78 is 0. The summed E-state index contributed by atoms with van der Waals surface area (Å²) in [5.41, 5.74) is 6.87. The van der Waals surface area contributed by atoms with Crippen LogP contribution in [0.3, 0.4) is 0 Å². The minimum Gasteiger partial charge on any atom is -0.398 e. The molecule has 0 fully saturated rings. The van der Waals surface area contributed by atoms with Crippen LogP contribution in [0.1, 0.15) is 36.6 Å². The van der Waals surface area contributed by atoms with E-state index >= 15 is 0 Å². The van der Waals surface area contributed by atoms with Gasteiger partial charge in [0.1, 0.15) is 0 Å². The quantitative estimate of drug-likeness (QED) is 0.288. The molecule has 120 valence electrons. The second kappa shape index (κ2) is 5.58. The van der Waals surface area contributed by atoms with Gasteiger partial charge in [-0.1, -0.05) is 0 Å². The van der Waals surface area contributed by atoms with Crippen LogP contribution in [-0.2, 0) is 6.42 Å². The number of nitrogen functional groups attached to an aromatic ring is 1. The standard InChI is InChI=1S/C16H11N3O5/c17-12-6-8(5-11-14(12)16(22)18-15(11)21)7-13(20)9-1-3-10(4-2-9)19(23)24/h1-6H,7,17H2,(H,18,21,22). The van der Waals surface area contributed by atoms with Crippen LogP contribution in [0.2, 0.25) is 0 Å². The summed E-state index contributed by atoms with van der Waals surface area (Å²) in [6.07, 6.45) is -0.0449. The minimum atomic E-state index is -0.555. The van der Waals surface area contributed by atoms with E-state index in [1.165, 1.54) is 36.4 Å². The highest BCUT2D eigenvalue weighted by Crippen LogP contribution is 2.25. The monoisotopic (exact) mass is 325 g/mol. The maximum absolute atomic E-state index is 12.3. The number of hydrogen-bond acceptors (Lipinski definition) is 6. The summed E-state index contributed by atoms with van der Waals surface area (Å²) in [5.74, 6) is -1.39. The topological polar surface area (TPSA) is 132 Å². The average Bonchev–Trinajstić information content (AvgIpc) is 2.82. The molecule has 0 bridgehead atoms. The van der Waals surface area contributed by atoms with Gasteiger partial charge in [-0.15, -0.1) is 0 Å². The number of fused-ring (bicyclic) bond motifs is 1. The molecule has 1 heterocycles. The normalized spacial score (nSPS) is 12.7. The number of ketones is 1. The van der Waals surface area contributed by atoms with Crippen molar-refractivity contribution in [1.82, 2.24) is 5.32 Å². The molecular weight excluding hydrogens is 314 g/mol. The lowest BCUT2D eigenvalue weighted by molar-refractivity contribution is -0.384. The molecule has 1 aliphatic heterocycles. The fourth-order valence-corrected chi connectivity index (χ4v) is 2.55. The molecule has 2 aromatic rings. The van der Waals surface area contributed by atoms with E-state index < -0.39 is 16.7 Å². The number of imide groups is 1. The molecule has 1 aliphatic rings. The highest BCUT2D eigenvalue weighted by atomic mass is 16.6. The molecule has 0 aliphatic carbocycles. The Morgan fingerprint density at radius 2 is 1.79 bits per heavy atom. The molecule has 0 saturated carbocycles. The molecule has 2 amide bonds. The molecular formula is C16H11N3O5. The third kappa shape index (κ3) is 2.60. The van der Waals surface area contributed by atoms with Gasteiger partial charge in [0.25, 0.3) is 17.5 Å². The molecule has 3 N–H and O–H groups in total. The highest BCUT2D eigenvalue weighted by Gasteiger charge is 2.29. The van der Waals surface area contributed by atoms with Crippen LogP contribution in [0.5, 0.6) is 0 Å². The van der Waals surface area contributed by atoms with Crippen LogP contribution < -0.4 is 11.1 Å². The number of nitrogens with one attached hydrogen (secondary N) is 1. The molecule has 0 aromatic heterocycles. The Bertz CT molecular complexity index is 903. The van der Waals surface area contributed by atoms with Crippen molar-refractivity contribution in [2.45, 2.75) is 6.42 Å². The largest absolute Gasteiger partial charge is 0.398 e. The Kier molecular flexibility index (Phi) is 3.57. The van der Waals surface area contributed by atoms with Crippen LogP contribution in [0.25, 0.3) is 0 Å². The fraction of sp³-hybridized carbons (Fsp3) is 0.0625. The first-order valence-corrected chi connectivity index (χ1v) is 6.92. The van der Waals surface area contributed by atoms with Crippen LogP contribution >= 0.6 is 0 Å². The lowest BCUT2D eigenvalue weighted by atomic mass is 9.98. The van der Waals surface area contributed by atoms with Crippen LogP contribution in [-0.4, -0.2) is 22.5 Å². The molecule has 2 aromatic carbocycles. The van der Waals surface area contributed by atoms with Crippen LogP contribution in [0.4, 0.5) is 11.4 Å². The zero-order chi connectivity index (χ0) is 17.4. The van der Waals surface area contributed by atoms with Gasteiger partial charge in [-0.2, -0.15) is 0 Å². The van der Waals surface area contributed by atoms with Crippen molar-refractivity contribution in [2.75, 3.05) is 5.73 Å². The van der Waals surface area contributed by atoms with Crippen molar-refractivity contribution in [3.05, 3.63) is 68.8 Å². The second-order valence-electron chi connectivity index (χ2n) is 5.29. The maximum atomic E-state index is 12.3. The van der Waals surface area contributed by atoms with E-state index in [9.17, 15) is 24.5 Å². The van der Waals surface area contributed by atoms with Crippen molar-refractivity contribution in [1.29, 1.82) is 0 Å². The van der Waals surface area contributed by atoms with E-state index in [1.807, 2.05) is 0 Å². The number of nitrogens with zero attached hydrogens (tertiary/aromatic N) is 1. The highest BCUT2D eigenvalue weighted by molar-refractivity contribution is 6.23. The van der Waals surface area contributed by atoms with Crippen LogP contribution in [0.15, 0.2) is 36.4 Å². The number of anilines is 1. The van der Waals surface area contributed by atoms with Gasteiger partial charge in [0.2, 0.25) is 0 Å². The van der Waals surface area contributed by atoms with Crippen LogP contribution in [0, 0.1) is 10.1 Å². The average molecular weight is 325 g/mol. The van der Waals surface area contributed by atoms with Crippen molar-refractivity contribution in [3.63, 3.8) is 0 Å². The third-order valence-corrected chi connectivity index (χ3v) is 3.69. The Morgan fingerprint density at radius 3 is 2.42 bits per heavy atom. The number of benzene rings is 2. The van der Waals surface area contributed by atoms with Gasteiger partial charge in [-0.3, -0.25) is 29.8 Å². The lowest BCUT2D eigenvalue weighted by Gasteiger charge is -2.06. The number of nitro benzene ring substituents is 1. The first-order valence-electron chi connectivity index (χ1n) is 6.92. The Hall–Kier alpha value is -3.55. The van der Waals surface area contributed by atoms with Crippen molar-refractivity contribution in [2.24, 2.45) is 0 Å². The van der Waals surface area contributed by atoms with Crippen molar-refractivity contribution >= 4 is 29.0 Å². The summed E-state index contributed by atoms with van der Waals surface area (Å²) in [6, 6.07) is 8.16. The molecule has 8 nitrogen and oxygen atoms in total. The molecule has 24 heavy (non-hydrogen) atoms. The lowest BCUT2D eigenvalue weighted by Crippen LogP contribution is -2.20. The number of non-ortho nitro benzene ring substituents is 1.